The maximum atomic E-state index is 13.0. The number of amides is 2. The number of nitrogens with one attached hydrogen (secondary N) is 1. The minimum absolute atomic E-state index is 0.122. The van der Waals surface area contributed by atoms with Gasteiger partial charge in [-0.05, 0) is 55.3 Å². The summed E-state index contributed by atoms with van der Waals surface area (Å²) in [5, 5.41) is 3.63. The highest BCUT2D eigenvalue weighted by molar-refractivity contribution is 6.35. The van der Waals surface area contributed by atoms with E-state index in [-0.39, 0.29) is 19.1 Å². The predicted molar refractivity (Wildman–Crippen MR) is 112 cm³/mol. The molecule has 156 valence electrons. The van der Waals surface area contributed by atoms with Gasteiger partial charge in [0, 0.05) is 23.1 Å². The summed E-state index contributed by atoms with van der Waals surface area (Å²) in [6.45, 7) is 3.91. The Morgan fingerprint density at radius 2 is 1.83 bits per heavy atom. The first kappa shape index (κ1) is 23.0. The first-order valence-electron chi connectivity index (χ1n) is 9.25. The summed E-state index contributed by atoms with van der Waals surface area (Å²) in [5.41, 5.74) is 0.661. The van der Waals surface area contributed by atoms with Gasteiger partial charge in [-0.25, -0.2) is 4.39 Å². The number of rotatable bonds is 9. The number of halogens is 3. The van der Waals surface area contributed by atoms with Crippen molar-refractivity contribution < 1.29 is 18.7 Å². The molecule has 0 saturated carbocycles. The molecule has 0 heterocycles. The zero-order valence-electron chi connectivity index (χ0n) is 16.3. The van der Waals surface area contributed by atoms with Crippen LogP contribution in [0.4, 0.5) is 4.39 Å². The molecule has 0 radical (unpaired) electrons. The highest BCUT2D eigenvalue weighted by Crippen LogP contribution is 2.24. The SMILES string of the molecule is CCNC(=O)C(CC)N(Cc1ccc(Cl)cc1Cl)C(=O)COc1ccc(F)cc1. The van der Waals surface area contributed by atoms with Crippen LogP contribution < -0.4 is 10.1 Å². The first-order chi connectivity index (χ1) is 13.8. The second-order valence-electron chi connectivity index (χ2n) is 6.32. The molecule has 0 spiro atoms. The molecular formula is C21H23Cl2FN2O3. The summed E-state index contributed by atoms with van der Waals surface area (Å²) in [5.74, 6) is -0.686. The van der Waals surface area contributed by atoms with Crippen molar-refractivity contribution in [2.45, 2.75) is 32.9 Å². The Morgan fingerprint density at radius 3 is 2.41 bits per heavy atom. The Balaban J connectivity index is 2.22. The Labute approximate surface area is 179 Å². The standard InChI is InChI=1S/C21H23Cl2FN2O3/c1-3-19(21(28)25-4-2)26(12-14-5-6-15(22)11-18(14)23)20(27)13-29-17-9-7-16(24)8-10-17/h5-11,19H,3-4,12-13H2,1-2H3,(H,25,28). The third-order valence-electron chi connectivity index (χ3n) is 4.27. The Kier molecular flexibility index (Phi) is 8.73. The second kappa shape index (κ2) is 11.0. The lowest BCUT2D eigenvalue weighted by atomic mass is 10.1. The molecule has 0 aliphatic carbocycles. The van der Waals surface area contributed by atoms with Crippen LogP contribution in [-0.2, 0) is 16.1 Å². The van der Waals surface area contributed by atoms with Gasteiger partial charge in [0.15, 0.2) is 6.61 Å². The number of nitrogens with zero attached hydrogens (tertiary/aromatic N) is 1. The molecule has 8 heteroatoms. The number of carbonyl (C=O) groups excluding carboxylic acids is 2. The zero-order valence-corrected chi connectivity index (χ0v) is 17.8. The second-order valence-corrected chi connectivity index (χ2v) is 7.16. The lowest BCUT2D eigenvalue weighted by molar-refractivity contribution is -0.142. The summed E-state index contributed by atoms with van der Waals surface area (Å²) < 4.78 is 18.5. The quantitative estimate of drug-likeness (QED) is 0.626. The molecule has 5 nitrogen and oxygen atoms in total. The van der Waals surface area contributed by atoms with Gasteiger partial charge in [0.25, 0.3) is 5.91 Å². The smallest absolute Gasteiger partial charge is 0.261 e. The first-order valence-corrected chi connectivity index (χ1v) is 10.0. The van der Waals surface area contributed by atoms with Gasteiger partial charge in [-0.15, -0.1) is 0 Å². The van der Waals surface area contributed by atoms with Gasteiger partial charge in [-0.3, -0.25) is 9.59 Å². The van der Waals surface area contributed by atoms with Crippen LogP contribution >= 0.6 is 23.2 Å². The fraction of sp³-hybridized carbons (Fsp3) is 0.333. The average molecular weight is 441 g/mol. The summed E-state index contributed by atoms with van der Waals surface area (Å²) in [6.07, 6.45) is 0.416. The van der Waals surface area contributed by atoms with E-state index in [1.165, 1.54) is 29.2 Å². The summed E-state index contributed by atoms with van der Waals surface area (Å²) in [7, 11) is 0. The average Bonchev–Trinajstić information content (AvgIpc) is 2.69. The molecule has 1 atom stereocenters. The van der Waals surface area contributed by atoms with Crippen molar-refractivity contribution >= 4 is 35.0 Å². The van der Waals surface area contributed by atoms with Crippen LogP contribution in [0.25, 0.3) is 0 Å². The summed E-state index contributed by atoms with van der Waals surface area (Å²) in [6, 6.07) is 9.65. The van der Waals surface area contributed by atoms with Crippen LogP contribution in [0.15, 0.2) is 42.5 Å². The number of likely N-dealkylation sites (N-methyl/N-ethyl adjacent to an activating group) is 1. The zero-order chi connectivity index (χ0) is 21.4. The van der Waals surface area contributed by atoms with E-state index < -0.39 is 17.8 Å². The van der Waals surface area contributed by atoms with E-state index >= 15 is 0 Å². The molecule has 0 aliphatic rings. The van der Waals surface area contributed by atoms with Gasteiger partial charge < -0.3 is 15.0 Å². The predicted octanol–water partition coefficient (Wildman–Crippen LogP) is 4.45. The molecule has 1 unspecified atom stereocenters. The Bertz CT molecular complexity index is 846. The molecule has 2 amide bonds. The fourth-order valence-corrected chi connectivity index (χ4v) is 3.27. The largest absolute Gasteiger partial charge is 0.484 e. The van der Waals surface area contributed by atoms with Crippen molar-refractivity contribution in [1.29, 1.82) is 0 Å². The lowest BCUT2D eigenvalue weighted by Gasteiger charge is -2.30. The van der Waals surface area contributed by atoms with E-state index in [0.717, 1.165) is 0 Å². The number of hydrogen-bond donors (Lipinski definition) is 1. The maximum absolute atomic E-state index is 13.0. The van der Waals surface area contributed by atoms with Gasteiger partial charge in [0.05, 0.1) is 0 Å². The van der Waals surface area contributed by atoms with Gasteiger partial charge >= 0.3 is 0 Å². The Morgan fingerprint density at radius 1 is 1.14 bits per heavy atom. The number of hydrogen-bond acceptors (Lipinski definition) is 3. The third-order valence-corrected chi connectivity index (χ3v) is 4.86. The normalized spacial score (nSPS) is 11.6. The molecule has 0 saturated heterocycles. The van der Waals surface area contributed by atoms with Crippen molar-refractivity contribution in [3.8, 4) is 5.75 Å². The van der Waals surface area contributed by atoms with Crippen molar-refractivity contribution in [2.75, 3.05) is 13.2 Å². The minimum Gasteiger partial charge on any atom is -0.484 e. The molecule has 29 heavy (non-hydrogen) atoms. The monoisotopic (exact) mass is 440 g/mol. The topological polar surface area (TPSA) is 58.6 Å². The van der Waals surface area contributed by atoms with Gasteiger partial charge in [0.1, 0.15) is 17.6 Å². The Hall–Kier alpha value is -2.31. The van der Waals surface area contributed by atoms with Crippen LogP contribution in [0.2, 0.25) is 10.0 Å². The highest BCUT2D eigenvalue weighted by atomic mass is 35.5. The minimum atomic E-state index is -0.689. The van der Waals surface area contributed by atoms with E-state index in [1.807, 2.05) is 13.8 Å². The van der Waals surface area contributed by atoms with Crippen LogP contribution in [0, 0.1) is 5.82 Å². The van der Waals surface area contributed by atoms with E-state index in [9.17, 15) is 14.0 Å². The van der Waals surface area contributed by atoms with E-state index in [0.29, 0.717) is 34.3 Å². The van der Waals surface area contributed by atoms with Gasteiger partial charge in [0.2, 0.25) is 5.91 Å². The number of carbonyl (C=O) groups is 2. The number of ether oxygens (including phenoxy) is 1. The number of benzene rings is 2. The molecular weight excluding hydrogens is 418 g/mol. The molecule has 1 N–H and O–H groups in total. The highest BCUT2D eigenvalue weighted by Gasteiger charge is 2.29. The van der Waals surface area contributed by atoms with Crippen molar-refractivity contribution in [3.63, 3.8) is 0 Å². The van der Waals surface area contributed by atoms with E-state index in [4.69, 9.17) is 27.9 Å². The fourth-order valence-electron chi connectivity index (χ4n) is 2.80. The van der Waals surface area contributed by atoms with Gasteiger partial charge in [-0.1, -0.05) is 36.2 Å². The van der Waals surface area contributed by atoms with Crippen LogP contribution in [0.5, 0.6) is 5.75 Å². The molecule has 0 bridgehead atoms. The summed E-state index contributed by atoms with van der Waals surface area (Å²) in [4.78, 5) is 26.9. The lowest BCUT2D eigenvalue weighted by Crippen LogP contribution is -2.50. The molecule has 2 rings (SSSR count). The summed E-state index contributed by atoms with van der Waals surface area (Å²) >= 11 is 12.2. The van der Waals surface area contributed by atoms with E-state index in [2.05, 4.69) is 5.32 Å². The molecule has 2 aromatic rings. The molecule has 0 aliphatic heterocycles. The molecule has 0 fully saturated rings. The van der Waals surface area contributed by atoms with Crippen LogP contribution in [-0.4, -0.2) is 35.9 Å². The van der Waals surface area contributed by atoms with E-state index in [1.54, 1.807) is 18.2 Å². The maximum Gasteiger partial charge on any atom is 0.261 e. The van der Waals surface area contributed by atoms with Gasteiger partial charge in [-0.2, -0.15) is 0 Å². The van der Waals surface area contributed by atoms with Crippen molar-refractivity contribution in [3.05, 3.63) is 63.9 Å². The molecule has 0 aromatic heterocycles. The van der Waals surface area contributed by atoms with Crippen LogP contribution in [0.3, 0.4) is 0 Å². The van der Waals surface area contributed by atoms with Crippen molar-refractivity contribution in [1.82, 2.24) is 10.2 Å². The van der Waals surface area contributed by atoms with Crippen LogP contribution in [0.1, 0.15) is 25.8 Å². The van der Waals surface area contributed by atoms with Crippen molar-refractivity contribution in [2.24, 2.45) is 0 Å². The molecule has 2 aromatic carbocycles. The third kappa shape index (κ3) is 6.61.